The van der Waals surface area contributed by atoms with Gasteiger partial charge in [-0.2, -0.15) is 0 Å². The summed E-state index contributed by atoms with van der Waals surface area (Å²) in [5.74, 6) is -0.624. The van der Waals surface area contributed by atoms with Gasteiger partial charge in [0.2, 0.25) is 0 Å². The van der Waals surface area contributed by atoms with E-state index in [1.165, 1.54) is 17.6 Å². The summed E-state index contributed by atoms with van der Waals surface area (Å²) in [6, 6.07) is 0. The molecule has 1 nitrogen and oxygen atoms in total. The number of hydrogen-bond acceptors (Lipinski definition) is 1. The molecule has 3 rings (SSSR count). The van der Waals surface area contributed by atoms with Crippen molar-refractivity contribution in [3.05, 3.63) is 47.6 Å². The maximum absolute atomic E-state index is 10.1. The SMILES string of the molecule is [2H]C([2H])([2H])C([C@@H](C)/C=C/[C@@H](C)C1CCC2/C(=C/C=C3/C[C@@H](O)CCC3=C)CCC[C@@]21C)C([2H])([2H])[2H]. The highest BCUT2D eigenvalue weighted by Gasteiger charge is 2.50. The molecule has 3 aliphatic carbocycles. The normalized spacial score (nSPS) is 42.1. The van der Waals surface area contributed by atoms with Gasteiger partial charge in [0.1, 0.15) is 0 Å². The molecule has 0 aromatic carbocycles. The second-order valence-corrected chi connectivity index (χ2v) is 10.1. The van der Waals surface area contributed by atoms with E-state index < -0.39 is 25.5 Å². The Morgan fingerprint density at radius 2 is 1.93 bits per heavy atom. The van der Waals surface area contributed by atoms with E-state index in [9.17, 15) is 5.11 Å². The van der Waals surface area contributed by atoms with Crippen LogP contribution in [0.3, 0.4) is 0 Å². The van der Waals surface area contributed by atoms with Gasteiger partial charge in [0.05, 0.1) is 6.10 Å². The first-order chi connectivity index (χ1) is 16.1. The van der Waals surface area contributed by atoms with Crippen LogP contribution < -0.4 is 0 Å². The Morgan fingerprint density at radius 1 is 1.14 bits per heavy atom. The van der Waals surface area contributed by atoms with Crippen LogP contribution in [0.4, 0.5) is 0 Å². The van der Waals surface area contributed by atoms with Crippen LogP contribution >= 0.6 is 0 Å². The highest BCUT2D eigenvalue weighted by Crippen LogP contribution is 2.59. The molecule has 0 heterocycles. The van der Waals surface area contributed by atoms with Crippen molar-refractivity contribution in [3.8, 4) is 0 Å². The summed E-state index contributed by atoms with van der Waals surface area (Å²) < 4.78 is 46.5. The van der Waals surface area contributed by atoms with Gasteiger partial charge >= 0.3 is 0 Å². The number of rotatable bonds is 5. The molecule has 3 fully saturated rings. The predicted molar refractivity (Wildman–Crippen MR) is 126 cm³/mol. The lowest BCUT2D eigenvalue weighted by Crippen LogP contribution is -2.35. The van der Waals surface area contributed by atoms with Crippen molar-refractivity contribution < 1.29 is 13.3 Å². The minimum atomic E-state index is -2.51. The summed E-state index contributed by atoms with van der Waals surface area (Å²) >= 11 is 0. The number of allylic oxidation sites excluding steroid dienone is 6. The zero-order valence-electron chi connectivity index (χ0n) is 24.6. The fraction of sp³-hybridized carbons (Fsp3) is 0.714. The summed E-state index contributed by atoms with van der Waals surface area (Å²) in [6.45, 7) is 5.51. The summed E-state index contributed by atoms with van der Waals surface area (Å²) in [7, 11) is 0. The van der Waals surface area contributed by atoms with Crippen LogP contribution in [0, 0.1) is 35.0 Å². The first-order valence-electron chi connectivity index (χ1n) is 14.6. The Hall–Kier alpha value is -1.08. The first-order valence-corrected chi connectivity index (χ1v) is 11.6. The van der Waals surface area contributed by atoms with Gasteiger partial charge in [-0.05, 0) is 91.9 Å². The van der Waals surface area contributed by atoms with Gasteiger partial charge in [-0.1, -0.05) is 76.5 Å². The molecular formula is C28H44O. The van der Waals surface area contributed by atoms with E-state index >= 15 is 0 Å². The number of fused-ring (bicyclic) bond motifs is 1. The van der Waals surface area contributed by atoms with Crippen LogP contribution in [-0.2, 0) is 0 Å². The molecule has 29 heavy (non-hydrogen) atoms. The second kappa shape index (κ2) is 9.38. The maximum Gasteiger partial charge on any atom is 0.0583 e. The van der Waals surface area contributed by atoms with Crippen molar-refractivity contribution in [1.82, 2.24) is 0 Å². The van der Waals surface area contributed by atoms with E-state index in [2.05, 4.69) is 38.7 Å². The predicted octanol–water partition coefficient (Wildman–Crippen LogP) is 7.64. The molecule has 0 aliphatic heterocycles. The lowest BCUT2D eigenvalue weighted by Gasteiger charge is -2.44. The molecule has 1 heteroatoms. The maximum atomic E-state index is 10.1. The lowest BCUT2D eigenvalue weighted by atomic mass is 9.61. The summed E-state index contributed by atoms with van der Waals surface area (Å²) in [6.07, 6.45) is 16.3. The summed E-state index contributed by atoms with van der Waals surface area (Å²) in [5.41, 5.74) is 4.03. The van der Waals surface area contributed by atoms with Crippen molar-refractivity contribution in [2.24, 2.45) is 35.0 Å². The van der Waals surface area contributed by atoms with Crippen LogP contribution in [0.5, 0.6) is 0 Å². The average Bonchev–Trinajstić information content (AvgIpc) is 3.08. The lowest BCUT2D eigenvalue weighted by molar-refractivity contribution is 0.112. The van der Waals surface area contributed by atoms with Crippen molar-refractivity contribution in [1.29, 1.82) is 0 Å². The molecule has 3 aliphatic rings. The third-order valence-electron chi connectivity index (χ3n) is 8.10. The zero-order valence-corrected chi connectivity index (χ0v) is 18.6. The molecule has 0 spiro atoms. The van der Waals surface area contributed by atoms with Crippen LogP contribution in [0.1, 0.15) is 94.1 Å². The van der Waals surface area contributed by atoms with Gasteiger partial charge in [0, 0.05) is 8.22 Å². The van der Waals surface area contributed by atoms with Crippen molar-refractivity contribution in [2.45, 2.75) is 91.9 Å². The van der Waals surface area contributed by atoms with E-state index in [1.807, 2.05) is 6.08 Å². The number of aliphatic hydroxyl groups is 1. The molecule has 2 unspecified atom stereocenters. The van der Waals surface area contributed by atoms with Gasteiger partial charge in [-0.15, -0.1) is 0 Å². The topological polar surface area (TPSA) is 20.2 Å². The van der Waals surface area contributed by atoms with Gasteiger partial charge in [0.15, 0.2) is 0 Å². The quantitative estimate of drug-likeness (QED) is 0.468. The third-order valence-corrected chi connectivity index (χ3v) is 8.10. The summed E-state index contributed by atoms with van der Waals surface area (Å²) in [5, 5.41) is 10.1. The van der Waals surface area contributed by atoms with Crippen LogP contribution in [0.25, 0.3) is 0 Å². The molecule has 3 saturated carbocycles. The van der Waals surface area contributed by atoms with Crippen LogP contribution in [0.2, 0.25) is 0 Å². The zero-order chi connectivity index (χ0) is 26.2. The number of aliphatic hydroxyl groups excluding tert-OH is 1. The Balaban J connectivity index is 1.75. The van der Waals surface area contributed by atoms with Crippen molar-refractivity contribution >= 4 is 0 Å². The molecule has 162 valence electrons. The van der Waals surface area contributed by atoms with Crippen molar-refractivity contribution in [2.75, 3.05) is 0 Å². The Bertz CT molecular complexity index is 850. The van der Waals surface area contributed by atoms with Gasteiger partial charge in [0.25, 0.3) is 0 Å². The fourth-order valence-electron chi connectivity index (χ4n) is 6.13. The highest BCUT2D eigenvalue weighted by atomic mass is 16.3. The Labute approximate surface area is 188 Å². The van der Waals surface area contributed by atoms with E-state index in [0.717, 1.165) is 44.1 Å². The molecule has 6 atom stereocenters. The van der Waals surface area contributed by atoms with Gasteiger partial charge in [-0.25, -0.2) is 0 Å². The summed E-state index contributed by atoms with van der Waals surface area (Å²) in [4.78, 5) is 0. The van der Waals surface area contributed by atoms with E-state index in [1.54, 1.807) is 6.92 Å². The second-order valence-electron chi connectivity index (χ2n) is 10.1. The van der Waals surface area contributed by atoms with E-state index in [-0.39, 0.29) is 17.4 Å². The molecule has 0 amide bonds. The largest absolute Gasteiger partial charge is 0.393 e. The first kappa shape index (κ1) is 15.7. The van der Waals surface area contributed by atoms with Gasteiger partial charge in [-0.3, -0.25) is 0 Å². The van der Waals surface area contributed by atoms with Crippen LogP contribution in [0.15, 0.2) is 47.6 Å². The number of hydrogen-bond donors (Lipinski definition) is 1. The molecule has 0 aromatic rings. The molecular weight excluding hydrogens is 352 g/mol. The minimum absolute atomic E-state index is 0.187. The molecule has 0 bridgehead atoms. The molecule has 0 radical (unpaired) electrons. The van der Waals surface area contributed by atoms with Crippen molar-refractivity contribution in [3.63, 3.8) is 0 Å². The molecule has 0 aromatic heterocycles. The minimum Gasteiger partial charge on any atom is -0.393 e. The Kier molecular flexibility index (Phi) is 5.07. The molecule has 0 saturated heterocycles. The van der Waals surface area contributed by atoms with E-state index in [0.29, 0.717) is 18.3 Å². The van der Waals surface area contributed by atoms with Gasteiger partial charge < -0.3 is 5.11 Å². The smallest absolute Gasteiger partial charge is 0.0583 e. The van der Waals surface area contributed by atoms with E-state index in [4.69, 9.17) is 8.22 Å². The monoisotopic (exact) mass is 402 g/mol. The van der Waals surface area contributed by atoms with Crippen LogP contribution in [-0.4, -0.2) is 11.2 Å². The highest BCUT2D eigenvalue weighted by molar-refractivity contribution is 5.36. The fourth-order valence-corrected chi connectivity index (χ4v) is 6.13. The standard InChI is InChI=1S/C28H44O/c1-19(2)20(3)9-10-22(5)26-15-16-27-23(8-7-17-28(26,27)6)12-13-24-18-25(29)14-11-21(24)4/h9-10,12-13,19-20,22,25-27,29H,4,7-8,11,14-18H2,1-3,5-6H3/b10-9+,23-12+,24-13-/t20-,22+,25-,26?,27?,28+/m0/s1/i1D3,2D3. The average molecular weight is 403 g/mol. The molecule has 1 N–H and O–H groups in total. The third kappa shape index (κ3) is 4.98. The Morgan fingerprint density at radius 3 is 2.69 bits per heavy atom.